The number of carbonyl (C=O) groups excluding carboxylic acids is 1. The van der Waals surface area contributed by atoms with E-state index in [0.29, 0.717) is 19.7 Å². The molecular formula is C15H26N4O3. The van der Waals surface area contributed by atoms with E-state index in [-0.39, 0.29) is 24.0 Å². The number of nitrogens with zero attached hydrogens (tertiary/aromatic N) is 3. The van der Waals surface area contributed by atoms with Crippen molar-refractivity contribution in [1.82, 2.24) is 20.0 Å². The maximum absolute atomic E-state index is 12.2. The Morgan fingerprint density at radius 2 is 2.36 bits per heavy atom. The maximum atomic E-state index is 12.2. The molecule has 2 rings (SSSR count). The van der Waals surface area contributed by atoms with Crippen molar-refractivity contribution in [1.29, 1.82) is 0 Å². The van der Waals surface area contributed by atoms with Gasteiger partial charge in [0.2, 0.25) is 5.91 Å². The van der Waals surface area contributed by atoms with E-state index in [1.165, 1.54) is 0 Å². The van der Waals surface area contributed by atoms with Gasteiger partial charge in [0.15, 0.2) is 0 Å². The third-order valence-corrected chi connectivity index (χ3v) is 4.11. The standard InChI is InChI=1S/C15H26N4O3/c1-18(4-5-22-3)10-14(21)17-15(11-6-13(20)7-11)12-8-16-19(2)9-12/h8-9,11,13,15,20H,4-7,10H2,1-3H3,(H,17,21). The third kappa shape index (κ3) is 4.53. The van der Waals surface area contributed by atoms with Gasteiger partial charge in [-0.1, -0.05) is 0 Å². The Kier molecular flexibility index (Phi) is 5.93. The van der Waals surface area contributed by atoms with Gasteiger partial charge in [-0.05, 0) is 25.8 Å². The summed E-state index contributed by atoms with van der Waals surface area (Å²) >= 11 is 0. The molecule has 0 radical (unpaired) electrons. The summed E-state index contributed by atoms with van der Waals surface area (Å²) in [5.41, 5.74) is 0.993. The number of amides is 1. The second-order valence-electron chi connectivity index (χ2n) is 6.11. The van der Waals surface area contributed by atoms with Crippen LogP contribution in [0.5, 0.6) is 0 Å². The van der Waals surface area contributed by atoms with Crippen LogP contribution in [-0.2, 0) is 16.6 Å². The zero-order valence-corrected chi connectivity index (χ0v) is 13.5. The van der Waals surface area contributed by atoms with Crippen LogP contribution in [-0.4, -0.2) is 65.7 Å². The highest BCUT2D eigenvalue weighted by molar-refractivity contribution is 5.78. The van der Waals surface area contributed by atoms with Crippen LogP contribution in [0, 0.1) is 5.92 Å². The fourth-order valence-electron chi connectivity index (χ4n) is 2.77. The van der Waals surface area contributed by atoms with Crippen LogP contribution in [0.15, 0.2) is 12.4 Å². The monoisotopic (exact) mass is 310 g/mol. The second-order valence-corrected chi connectivity index (χ2v) is 6.11. The van der Waals surface area contributed by atoms with E-state index >= 15 is 0 Å². The molecule has 1 aromatic heterocycles. The molecule has 1 fully saturated rings. The van der Waals surface area contributed by atoms with E-state index in [0.717, 1.165) is 18.4 Å². The van der Waals surface area contributed by atoms with E-state index in [1.807, 2.05) is 25.2 Å². The molecule has 1 amide bonds. The van der Waals surface area contributed by atoms with Crippen molar-refractivity contribution in [2.45, 2.75) is 25.0 Å². The number of hydrogen-bond donors (Lipinski definition) is 2. The van der Waals surface area contributed by atoms with Gasteiger partial charge >= 0.3 is 0 Å². The molecule has 0 saturated heterocycles. The highest BCUT2D eigenvalue weighted by Gasteiger charge is 2.36. The number of nitrogens with one attached hydrogen (secondary N) is 1. The van der Waals surface area contributed by atoms with Crippen molar-refractivity contribution >= 4 is 5.91 Å². The third-order valence-electron chi connectivity index (χ3n) is 4.11. The highest BCUT2D eigenvalue weighted by Crippen LogP contribution is 2.37. The topological polar surface area (TPSA) is 79.6 Å². The molecule has 1 aliphatic rings. The molecule has 7 nitrogen and oxygen atoms in total. The Balaban J connectivity index is 1.93. The van der Waals surface area contributed by atoms with Crippen LogP contribution >= 0.6 is 0 Å². The van der Waals surface area contributed by atoms with Crippen molar-refractivity contribution in [3.63, 3.8) is 0 Å². The molecule has 1 saturated carbocycles. The molecular weight excluding hydrogens is 284 g/mol. The van der Waals surface area contributed by atoms with Crippen LogP contribution in [0.3, 0.4) is 0 Å². The van der Waals surface area contributed by atoms with Crippen LogP contribution in [0.25, 0.3) is 0 Å². The van der Waals surface area contributed by atoms with Gasteiger partial charge in [0.05, 0.1) is 31.5 Å². The number of rotatable bonds is 8. The lowest BCUT2D eigenvalue weighted by Crippen LogP contribution is -2.44. The number of ether oxygens (including phenoxy) is 1. The summed E-state index contributed by atoms with van der Waals surface area (Å²) in [6.45, 7) is 1.64. The first kappa shape index (κ1) is 16.9. The summed E-state index contributed by atoms with van der Waals surface area (Å²) in [5.74, 6) is 0.251. The van der Waals surface area contributed by atoms with Gasteiger partial charge in [-0.2, -0.15) is 5.10 Å². The predicted octanol–water partition coefficient (Wildman–Crippen LogP) is -0.0735. The molecule has 2 N–H and O–H groups in total. The molecule has 1 heterocycles. The average molecular weight is 310 g/mol. The minimum atomic E-state index is -0.245. The SMILES string of the molecule is COCCN(C)CC(=O)NC(c1cnn(C)c1)C1CC(O)C1. The smallest absolute Gasteiger partial charge is 0.234 e. The first-order chi connectivity index (χ1) is 10.5. The number of aromatic nitrogens is 2. The van der Waals surface area contributed by atoms with Gasteiger partial charge in [-0.3, -0.25) is 14.4 Å². The van der Waals surface area contributed by atoms with Gasteiger partial charge in [-0.15, -0.1) is 0 Å². The van der Waals surface area contributed by atoms with E-state index < -0.39 is 0 Å². The normalized spacial score (nSPS) is 22.4. The number of methoxy groups -OCH3 is 1. The van der Waals surface area contributed by atoms with Crippen molar-refractivity contribution in [2.24, 2.45) is 13.0 Å². The summed E-state index contributed by atoms with van der Waals surface area (Å²) in [4.78, 5) is 14.2. The minimum absolute atomic E-state index is 0.0196. The summed E-state index contributed by atoms with van der Waals surface area (Å²) < 4.78 is 6.74. The molecule has 0 aromatic carbocycles. The van der Waals surface area contributed by atoms with Crippen LogP contribution < -0.4 is 5.32 Å². The Morgan fingerprint density at radius 1 is 1.64 bits per heavy atom. The fraction of sp³-hybridized carbons (Fsp3) is 0.733. The molecule has 0 bridgehead atoms. The molecule has 1 aromatic rings. The maximum Gasteiger partial charge on any atom is 0.234 e. The zero-order valence-electron chi connectivity index (χ0n) is 13.5. The van der Waals surface area contributed by atoms with Crippen LogP contribution in [0.4, 0.5) is 0 Å². The molecule has 1 atom stereocenters. The summed E-state index contributed by atoms with van der Waals surface area (Å²) in [6.07, 6.45) is 4.90. The second kappa shape index (κ2) is 7.71. The summed E-state index contributed by atoms with van der Waals surface area (Å²) in [5, 5.41) is 16.8. The van der Waals surface area contributed by atoms with Crippen molar-refractivity contribution in [2.75, 3.05) is 33.9 Å². The van der Waals surface area contributed by atoms with E-state index in [4.69, 9.17) is 4.74 Å². The molecule has 0 aliphatic heterocycles. The Morgan fingerprint density at radius 3 is 2.91 bits per heavy atom. The summed E-state index contributed by atoms with van der Waals surface area (Å²) in [6, 6.07) is -0.0829. The van der Waals surface area contributed by atoms with Gasteiger partial charge < -0.3 is 15.2 Å². The molecule has 7 heteroatoms. The van der Waals surface area contributed by atoms with Crippen molar-refractivity contribution in [3.8, 4) is 0 Å². The lowest BCUT2D eigenvalue weighted by Gasteiger charge is -2.37. The van der Waals surface area contributed by atoms with Gasteiger partial charge in [0.1, 0.15) is 0 Å². The number of likely N-dealkylation sites (N-methyl/N-ethyl adjacent to an activating group) is 1. The number of carbonyl (C=O) groups is 1. The fourth-order valence-corrected chi connectivity index (χ4v) is 2.77. The van der Waals surface area contributed by atoms with Gasteiger partial charge in [0, 0.05) is 32.5 Å². The van der Waals surface area contributed by atoms with E-state index in [9.17, 15) is 9.90 Å². The predicted molar refractivity (Wildman–Crippen MR) is 82.2 cm³/mol. The zero-order chi connectivity index (χ0) is 16.1. The van der Waals surface area contributed by atoms with Crippen LogP contribution in [0.2, 0.25) is 0 Å². The average Bonchev–Trinajstić information content (AvgIpc) is 2.86. The Hall–Kier alpha value is -1.44. The number of hydrogen-bond acceptors (Lipinski definition) is 5. The lowest BCUT2D eigenvalue weighted by molar-refractivity contribution is -0.124. The van der Waals surface area contributed by atoms with Crippen LogP contribution in [0.1, 0.15) is 24.4 Å². The number of aliphatic hydroxyl groups is 1. The van der Waals surface area contributed by atoms with E-state index in [1.54, 1.807) is 18.0 Å². The quantitative estimate of drug-likeness (QED) is 0.702. The lowest BCUT2D eigenvalue weighted by atomic mass is 9.75. The minimum Gasteiger partial charge on any atom is -0.393 e. The van der Waals surface area contributed by atoms with Crippen molar-refractivity contribution < 1.29 is 14.6 Å². The van der Waals surface area contributed by atoms with E-state index in [2.05, 4.69) is 10.4 Å². The first-order valence-electron chi connectivity index (χ1n) is 7.63. The Bertz CT molecular complexity index is 485. The number of aryl methyl sites for hydroxylation is 1. The molecule has 22 heavy (non-hydrogen) atoms. The molecule has 124 valence electrons. The Labute approximate surface area is 131 Å². The molecule has 0 spiro atoms. The molecule has 1 unspecified atom stereocenters. The largest absolute Gasteiger partial charge is 0.393 e. The molecule has 1 aliphatic carbocycles. The number of aliphatic hydroxyl groups excluding tert-OH is 1. The highest BCUT2D eigenvalue weighted by atomic mass is 16.5. The summed E-state index contributed by atoms with van der Waals surface area (Å²) in [7, 11) is 5.40. The first-order valence-corrected chi connectivity index (χ1v) is 7.63. The van der Waals surface area contributed by atoms with Crippen molar-refractivity contribution in [3.05, 3.63) is 18.0 Å². The van der Waals surface area contributed by atoms with Gasteiger partial charge in [-0.25, -0.2) is 0 Å². The van der Waals surface area contributed by atoms with Gasteiger partial charge in [0.25, 0.3) is 0 Å².